The van der Waals surface area contributed by atoms with E-state index in [4.69, 9.17) is 16.6 Å². The summed E-state index contributed by atoms with van der Waals surface area (Å²) in [6.07, 6.45) is 11.2. The van der Waals surface area contributed by atoms with Crippen LogP contribution in [0, 0.1) is 13.8 Å². The number of anilines is 2. The van der Waals surface area contributed by atoms with Gasteiger partial charge in [0.1, 0.15) is 5.15 Å². The van der Waals surface area contributed by atoms with E-state index in [1.54, 1.807) is 29.2 Å². The number of aromatic nitrogens is 5. The fourth-order valence-corrected chi connectivity index (χ4v) is 6.47. The number of aromatic amines is 1. The lowest BCUT2D eigenvalue weighted by Gasteiger charge is -2.36. The minimum Gasteiger partial charge on any atom is -0.377 e. The molecule has 0 saturated carbocycles. The number of hydrogen-bond donors (Lipinski definition) is 3. The second kappa shape index (κ2) is 12.7. The fraction of sp³-hybridized carbons (Fsp3) is 0.433. The van der Waals surface area contributed by atoms with Gasteiger partial charge in [0.2, 0.25) is 5.95 Å². The summed E-state index contributed by atoms with van der Waals surface area (Å²) in [4.78, 5) is 37.9. The SMILES string of the molecule is CSNC(=O)c1nc(Cl)ccc1NC(C)c1cc(C)cc2c(=O)n(C)c(N3C4CCCC3CC4)nc12.Cc1cn[nH]c1. The van der Waals surface area contributed by atoms with Crippen LogP contribution in [0.15, 0.2) is 41.5 Å². The molecule has 42 heavy (non-hydrogen) atoms. The van der Waals surface area contributed by atoms with Crippen molar-refractivity contribution in [1.29, 1.82) is 0 Å². The number of nitrogens with zero attached hydrogens (tertiary/aromatic N) is 5. The van der Waals surface area contributed by atoms with Crippen molar-refractivity contribution < 1.29 is 4.79 Å². The van der Waals surface area contributed by atoms with Crippen LogP contribution < -0.4 is 20.5 Å². The van der Waals surface area contributed by atoms with Crippen molar-refractivity contribution >= 4 is 52.0 Å². The highest BCUT2D eigenvalue weighted by molar-refractivity contribution is 7.97. The summed E-state index contributed by atoms with van der Waals surface area (Å²) >= 11 is 7.29. The molecule has 6 rings (SSSR count). The number of carbonyl (C=O) groups excluding carboxylic acids is 1. The third-order valence-corrected chi connectivity index (χ3v) is 8.60. The van der Waals surface area contributed by atoms with E-state index in [1.807, 2.05) is 40.1 Å². The third kappa shape index (κ3) is 6.12. The van der Waals surface area contributed by atoms with Crippen molar-refractivity contribution in [2.24, 2.45) is 7.05 Å². The molecule has 0 spiro atoms. The van der Waals surface area contributed by atoms with Crippen LogP contribution in [0.4, 0.5) is 11.6 Å². The van der Waals surface area contributed by atoms with Gasteiger partial charge in [0.25, 0.3) is 11.5 Å². The fourth-order valence-electron chi connectivity index (χ4n) is 6.04. The zero-order chi connectivity index (χ0) is 30.0. The van der Waals surface area contributed by atoms with Crippen LogP contribution in [0.3, 0.4) is 0 Å². The number of H-pyrrole nitrogens is 1. The molecule has 1 aromatic carbocycles. The second-order valence-electron chi connectivity index (χ2n) is 11.1. The number of nitrogens with one attached hydrogen (secondary N) is 3. The van der Waals surface area contributed by atoms with Crippen LogP contribution in [0.25, 0.3) is 10.9 Å². The molecule has 5 heterocycles. The maximum absolute atomic E-state index is 13.6. The first-order chi connectivity index (χ1) is 20.2. The molecule has 2 aliphatic heterocycles. The minimum atomic E-state index is -0.330. The molecule has 2 bridgehead atoms. The Morgan fingerprint density at radius 3 is 2.48 bits per heavy atom. The Morgan fingerprint density at radius 2 is 1.86 bits per heavy atom. The van der Waals surface area contributed by atoms with Gasteiger partial charge in [-0.15, -0.1) is 0 Å². The number of halogens is 1. The normalized spacial score (nSPS) is 18.4. The first kappa shape index (κ1) is 29.9. The van der Waals surface area contributed by atoms with Crippen molar-refractivity contribution in [3.05, 3.63) is 74.6 Å². The van der Waals surface area contributed by atoms with Gasteiger partial charge in [-0.05, 0) is 82.2 Å². The topological polar surface area (TPSA) is 121 Å². The van der Waals surface area contributed by atoms with Crippen LogP contribution in [0.2, 0.25) is 5.15 Å². The number of rotatable bonds is 6. The Kier molecular flexibility index (Phi) is 9.08. The van der Waals surface area contributed by atoms with E-state index >= 15 is 0 Å². The summed E-state index contributed by atoms with van der Waals surface area (Å²) in [6, 6.07) is 8.02. The lowest BCUT2D eigenvalue weighted by atomic mass is 10.0. The van der Waals surface area contributed by atoms with E-state index < -0.39 is 0 Å². The summed E-state index contributed by atoms with van der Waals surface area (Å²) in [6.45, 7) is 5.97. The Balaban J connectivity index is 0.000000524. The monoisotopic (exact) mass is 608 g/mol. The zero-order valence-electron chi connectivity index (χ0n) is 24.6. The Bertz CT molecular complexity index is 1620. The lowest BCUT2D eigenvalue weighted by molar-refractivity contribution is 0.0980. The summed E-state index contributed by atoms with van der Waals surface area (Å²) in [7, 11) is 1.83. The van der Waals surface area contributed by atoms with Gasteiger partial charge in [0, 0.05) is 37.1 Å². The van der Waals surface area contributed by atoms with Gasteiger partial charge in [-0.25, -0.2) is 9.97 Å². The third-order valence-electron chi connectivity index (χ3n) is 8.00. The quantitative estimate of drug-likeness (QED) is 0.188. The van der Waals surface area contributed by atoms with Gasteiger partial charge < -0.3 is 10.2 Å². The molecule has 10 nitrogen and oxygen atoms in total. The highest BCUT2D eigenvalue weighted by Gasteiger charge is 2.38. The highest BCUT2D eigenvalue weighted by Crippen LogP contribution is 2.39. The number of carbonyl (C=O) groups is 1. The van der Waals surface area contributed by atoms with Crippen LogP contribution in [-0.2, 0) is 7.05 Å². The number of pyridine rings is 1. The summed E-state index contributed by atoms with van der Waals surface area (Å²) in [5.41, 5.74) is 4.49. The first-order valence-corrected chi connectivity index (χ1v) is 15.8. The highest BCUT2D eigenvalue weighted by atomic mass is 35.5. The smallest absolute Gasteiger partial charge is 0.281 e. The number of amides is 1. The Morgan fingerprint density at radius 1 is 1.12 bits per heavy atom. The van der Waals surface area contributed by atoms with Gasteiger partial charge in [-0.2, -0.15) is 5.10 Å². The average Bonchev–Trinajstić information content (AvgIpc) is 3.54. The average molecular weight is 609 g/mol. The standard InChI is InChI=1S/C26H31ClN6O2S.C4H6N2/c1-14-12-18(15(2)28-20-10-11-21(27)29-23(20)24(34)31-36-4)22-19(13-14)25(35)32(3)26(30-22)33-16-6-5-7-17(33)9-8-16;1-4-2-5-6-3-4/h10-13,15-17,28H,5-9H2,1-4H3,(H,31,34);2-3H,1H3,(H,5,6). The largest absolute Gasteiger partial charge is 0.377 e. The number of piperidine rings is 1. The van der Waals surface area contributed by atoms with E-state index in [0.717, 1.165) is 42.8 Å². The molecule has 0 radical (unpaired) electrons. The van der Waals surface area contributed by atoms with Crippen LogP contribution in [0.5, 0.6) is 0 Å². The van der Waals surface area contributed by atoms with Gasteiger partial charge in [0.15, 0.2) is 5.69 Å². The van der Waals surface area contributed by atoms with Crippen molar-refractivity contribution in [2.75, 3.05) is 16.5 Å². The molecule has 2 aliphatic rings. The summed E-state index contributed by atoms with van der Waals surface area (Å²) in [5, 5.41) is 10.6. The molecule has 12 heteroatoms. The van der Waals surface area contributed by atoms with Crippen molar-refractivity contribution in [3.63, 3.8) is 0 Å². The number of aryl methyl sites for hydroxylation is 2. The molecular weight excluding hydrogens is 572 g/mol. The van der Waals surface area contributed by atoms with Crippen LogP contribution in [0.1, 0.15) is 72.2 Å². The van der Waals surface area contributed by atoms with Crippen molar-refractivity contribution in [1.82, 2.24) is 29.5 Å². The molecule has 1 amide bonds. The van der Waals surface area contributed by atoms with Gasteiger partial charge in [-0.1, -0.05) is 29.6 Å². The van der Waals surface area contributed by atoms with E-state index in [2.05, 4.69) is 36.2 Å². The van der Waals surface area contributed by atoms with Crippen molar-refractivity contribution in [3.8, 4) is 0 Å². The van der Waals surface area contributed by atoms with Crippen LogP contribution in [-0.4, -0.2) is 49.0 Å². The molecule has 3 aromatic heterocycles. The Labute approximate surface area is 254 Å². The minimum absolute atomic E-state index is 0.0367. The molecule has 4 aromatic rings. The summed E-state index contributed by atoms with van der Waals surface area (Å²) < 4.78 is 4.42. The number of benzene rings is 1. The lowest BCUT2D eigenvalue weighted by Crippen LogP contribution is -2.43. The first-order valence-electron chi connectivity index (χ1n) is 14.2. The molecule has 222 valence electrons. The predicted octanol–water partition coefficient (Wildman–Crippen LogP) is 5.71. The van der Waals surface area contributed by atoms with Gasteiger partial charge in [-0.3, -0.25) is 24.0 Å². The maximum atomic E-state index is 13.6. The molecule has 2 saturated heterocycles. The van der Waals surface area contributed by atoms with E-state index in [1.165, 1.54) is 23.9 Å². The predicted molar refractivity (Wildman–Crippen MR) is 170 cm³/mol. The number of hydrogen-bond acceptors (Lipinski definition) is 8. The number of fused-ring (bicyclic) bond motifs is 3. The molecule has 0 aliphatic carbocycles. The summed E-state index contributed by atoms with van der Waals surface area (Å²) in [5.74, 6) is 0.425. The zero-order valence-corrected chi connectivity index (χ0v) is 26.1. The molecule has 3 unspecified atom stereocenters. The van der Waals surface area contributed by atoms with E-state index in [9.17, 15) is 9.59 Å². The Hall–Kier alpha value is -3.57. The van der Waals surface area contributed by atoms with E-state index in [-0.39, 0.29) is 28.4 Å². The van der Waals surface area contributed by atoms with Crippen LogP contribution >= 0.6 is 23.5 Å². The van der Waals surface area contributed by atoms with E-state index in [0.29, 0.717) is 28.7 Å². The van der Waals surface area contributed by atoms with Gasteiger partial charge >= 0.3 is 0 Å². The molecular formula is C30H37ClN8O2S. The second-order valence-corrected chi connectivity index (χ2v) is 12.1. The molecule has 2 fully saturated rings. The van der Waals surface area contributed by atoms with Crippen molar-refractivity contribution in [2.45, 2.75) is 71.0 Å². The molecule has 3 atom stereocenters. The van der Waals surface area contributed by atoms with Gasteiger partial charge in [0.05, 0.1) is 28.8 Å². The maximum Gasteiger partial charge on any atom is 0.281 e. The molecule has 3 N–H and O–H groups in total.